The van der Waals surface area contributed by atoms with Gasteiger partial charge in [-0.2, -0.15) is 0 Å². The molecule has 1 aromatic heterocycles. The Morgan fingerprint density at radius 1 is 1.00 bits per heavy atom. The molecule has 0 unspecified atom stereocenters. The highest BCUT2D eigenvalue weighted by Gasteiger charge is 2.25. The molecule has 0 radical (unpaired) electrons. The maximum Gasteiger partial charge on any atom is 0.256 e. The smallest absolute Gasteiger partial charge is 0.256 e. The zero-order valence-electron chi connectivity index (χ0n) is 15.9. The largest absolute Gasteiger partial charge is 0.322 e. The summed E-state index contributed by atoms with van der Waals surface area (Å²) in [7, 11) is 0. The van der Waals surface area contributed by atoms with E-state index in [1.54, 1.807) is 48.8 Å². The zero-order valence-corrected chi connectivity index (χ0v) is 15.9. The number of hydrogen-bond acceptors (Lipinski definition) is 3. The average molecular weight is 389 g/mol. The van der Waals surface area contributed by atoms with Gasteiger partial charge in [-0.1, -0.05) is 6.07 Å². The second-order valence-electron chi connectivity index (χ2n) is 7.23. The van der Waals surface area contributed by atoms with Gasteiger partial charge in [0.2, 0.25) is 0 Å². The van der Waals surface area contributed by atoms with Crippen LogP contribution in [0.15, 0.2) is 60.9 Å². The summed E-state index contributed by atoms with van der Waals surface area (Å²) in [6.45, 7) is 1.82. The second kappa shape index (κ2) is 7.83. The van der Waals surface area contributed by atoms with E-state index in [1.807, 2.05) is 6.92 Å². The Bertz CT molecular complexity index is 1080. The lowest BCUT2D eigenvalue weighted by atomic mass is 10.0. The van der Waals surface area contributed by atoms with Crippen molar-refractivity contribution in [1.29, 1.82) is 0 Å². The van der Waals surface area contributed by atoms with Crippen molar-refractivity contribution in [3.05, 3.63) is 89.0 Å². The monoisotopic (exact) mass is 389 g/mol. The molecular weight excluding hydrogens is 369 g/mol. The van der Waals surface area contributed by atoms with Crippen molar-refractivity contribution in [3.63, 3.8) is 0 Å². The third-order valence-corrected chi connectivity index (χ3v) is 4.89. The number of benzene rings is 2. The molecule has 1 fully saturated rings. The number of halogens is 1. The van der Waals surface area contributed by atoms with E-state index < -0.39 is 11.7 Å². The molecule has 3 aromatic rings. The predicted molar refractivity (Wildman–Crippen MR) is 110 cm³/mol. The van der Waals surface area contributed by atoms with E-state index in [1.165, 1.54) is 12.1 Å². The van der Waals surface area contributed by atoms with Crippen LogP contribution in [0.25, 0.3) is 0 Å². The first-order valence-electron chi connectivity index (χ1n) is 9.43. The maximum atomic E-state index is 13.9. The molecule has 1 heterocycles. The topological polar surface area (TPSA) is 71.1 Å². The van der Waals surface area contributed by atoms with Crippen LogP contribution in [0, 0.1) is 12.7 Å². The standard InChI is InChI=1S/C23H20FN3O2/c1-14-4-7-19(12-21(14)23(29)27-20-3-2-8-25-13-20)26-22(28)17-9-16(15-5-6-15)10-18(24)11-17/h2-4,7-13,15H,5-6H2,1H3,(H,26,28)(H,27,29). The molecule has 0 atom stereocenters. The van der Waals surface area contributed by atoms with E-state index >= 15 is 0 Å². The molecule has 4 rings (SSSR count). The Kier molecular flexibility index (Phi) is 5.08. The van der Waals surface area contributed by atoms with Gasteiger partial charge in [0, 0.05) is 23.0 Å². The van der Waals surface area contributed by atoms with E-state index in [9.17, 15) is 14.0 Å². The van der Waals surface area contributed by atoms with Gasteiger partial charge < -0.3 is 10.6 Å². The van der Waals surface area contributed by atoms with Crippen molar-refractivity contribution in [2.75, 3.05) is 10.6 Å². The number of carbonyl (C=O) groups excluding carboxylic acids is 2. The fourth-order valence-electron chi connectivity index (χ4n) is 3.18. The Hall–Kier alpha value is -3.54. The number of nitrogens with one attached hydrogen (secondary N) is 2. The van der Waals surface area contributed by atoms with Gasteiger partial charge in [0.05, 0.1) is 11.9 Å². The first-order chi connectivity index (χ1) is 14.0. The minimum Gasteiger partial charge on any atom is -0.322 e. The molecular formula is C23H20FN3O2. The van der Waals surface area contributed by atoms with E-state index in [0.29, 0.717) is 22.9 Å². The van der Waals surface area contributed by atoms with Gasteiger partial charge in [-0.05, 0) is 79.3 Å². The highest BCUT2D eigenvalue weighted by molar-refractivity contribution is 6.08. The van der Waals surface area contributed by atoms with Crippen molar-refractivity contribution >= 4 is 23.2 Å². The Balaban J connectivity index is 1.53. The van der Waals surface area contributed by atoms with Gasteiger partial charge in [0.25, 0.3) is 11.8 Å². The molecule has 0 bridgehead atoms. The van der Waals surface area contributed by atoms with Gasteiger partial charge in [0.15, 0.2) is 0 Å². The summed E-state index contributed by atoms with van der Waals surface area (Å²) in [4.78, 5) is 29.2. The van der Waals surface area contributed by atoms with Crippen LogP contribution < -0.4 is 10.6 Å². The molecule has 1 aliphatic rings. The van der Waals surface area contributed by atoms with Crippen molar-refractivity contribution in [2.45, 2.75) is 25.7 Å². The molecule has 1 aliphatic carbocycles. The quantitative estimate of drug-likeness (QED) is 0.651. The van der Waals surface area contributed by atoms with Crippen molar-refractivity contribution in [3.8, 4) is 0 Å². The first kappa shape index (κ1) is 18.8. The van der Waals surface area contributed by atoms with Crippen LogP contribution in [-0.2, 0) is 0 Å². The normalized spacial score (nSPS) is 13.0. The van der Waals surface area contributed by atoms with E-state index in [0.717, 1.165) is 24.0 Å². The number of anilines is 2. The lowest BCUT2D eigenvalue weighted by Crippen LogP contribution is -2.16. The summed E-state index contributed by atoms with van der Waals surface area (Å²) in [6, 6.07) is 13.0. The summed E-state index contributed by atoms with van der Waals surface area (Å²) in [5.74, 6) is -0.776. The summed E-state index contributed by atoms with van der Waals surface area (Å²) >= 11 is 0. The molecule has 2 amide bonds. The summed E-state index contributed by atoms with van der Waals surface area (Å²) in [5, 5.41) is 5.54. The van der Waals surface area contributed by atoms with Crippen LogP contribution in [0.2, 0.25) is 0 Å². The average Bonchev–Trinajstić information content (AvgIpc) is 3.55. The number of hydrogen-bond donors (Lipinski definition) is 2. The molecule has 0 aliphatic heterocycles. The molecule has 29 heavy (non-hydrogen) atoms. The summed E-state index contributed by atoms with van der Waals surface area (Å²) in [5.41, 5.74) is 3.38. The van der Waals surface area contributed by atoms with Crippen LogP contribution in [0.5, 0.6) is 0 Å². The molecule has 146 valence electrons. The third kappa shape index (κ3) is 4.48. The van der Waals surface area contributed by atoms with E-state index in [4.69, 9.17) is 0 Å². The van der Waals surface area contributed by atoms with Gasteiger partial charge in [-0.3, -0.25) is 14.6 Å². The van der Waals surface area contributed by atoms with Gasteiger partial charge in [0.1, 0.15) is 5.82 Å². The Morgan fingerprint density at radius 3 is 2.52 bits per heavy atom. The second-order valence-corrected chi connectivity index (χ2v) is 7.23. The zero-order chi connectivity index (χ0) is 20.4. The lowest BCUT2D eigenvalue weighted by Gasteiger charge is -2.11. The van der Waals surface area contributed by atoms with Crippen LogP contribution in [0.4, 0.5) is 15.8 Å². The summed E-state index contributed by atoms with van der Waals surface area (Å²) in [6.07, 6.45) is 5.23. The van der Waals surface area contributed by atoms with Crippen LogP contribution >= 0.6 is 0 Å². The van der Waals surface area contributed by atoms with Crippen molar-refractivity contribution in [1.82, 2.24) is 4.98 Å². The molecule has 5 nitrogen and oxygen atoms in total. The number of rotatable bonds is 5. The molecule has 0 spiro atoms. The van der Waals surface area contributed by atoms with Crippen LogP contribution in [0.3, 0.4) is 0 Å². The number of aromatic nitrogens is 1. The molecule has 1 saturated carbocycles. The van der Waals surface area contributed by atoms with E-state index in [-0.39, 0.29) is 11.5 Å². The van der Waals surface area contributed by atoms with Gasteiger partial charge >= 0.3 is 0 Å². The predicted octanol–water partition coefficient (Wildman–Crippen LogP) is 4.91. The number of carbonyl (C=O) groups is 2. The van der Waals surface area contributed by atoms with Crippen molar-refractivity contribution < 1.29 is 14.0 Å². The van der Waals surface area contributed by atoms with E-state index in [2.05, 4.69) is 15.6 Å². The van der Waals surface area contributed by atoms with Gasteiger partial charge in [-0.25, -0.2) is 4.39 Å². The summed E-state index contributed by atoms with van der Waals surface area (Å²) < 4.78 is 13.9. The number of nitrogens with zero attached hydrogens (tertiary/aromatic N) is 1. The minimum atomic E-state index is -0.417. The highest BCUT2D eigenvalue weighted by Crippen LogP contribution is 2.40. The molecule has 6 heteroatoms. The number of amides is 2. The first-order valence-corrected chi connectivity index (χ1v) is 9.43. The number of pyridine rings is 1. The van der Waals surface area contributed by atoms with Gasteiger partial charge in [-0.15, -0.1) is 0 Å². The fourth-order valence-corrected chi connectivity index (χ4v) is 3.18. The third-order valence-electron chi connectivity index (χ3n) is 4.89. The fraction of sp³-hybridized carbons (Fsp3) is 0.174. The Labute approximate surface area is 168 Å². The van der Waals surface area contributed by atoms with Crippen molar-refractivity contribution in [2.24, 2.45) is 0 Å². The highest BCUT2D eigenvalue weighted by atomic mass is 19.1. The SMILES string of the molecule is Cc1ccc(NC(=O)c2cc(F)cc(C3CC3)c2)cc1C(=O)Nc1cccnc1. The molecule has 2 N–H and O–H groups in total. The Morgan fingerprint density at radius 2 is 1.79 bits per heavy atom. The maximum absolute atomic E-state index is 13.9. The minimum absolute atomic E-state index is 0.272. The molecule has 2 aromatic carbocycles. The number of aryl methyl sites for hydroxylation is 1. The van der Waals surface area contributed by atoms with Crippen LogP contribution in [0.1, 0.15) is 50.6 Å². The molecule has 0 saturated heterocycles. The lowest BCUT2D eigenvalue weighted by molar-refractivity contribution is 0.101. The van der Waals surface area contributed by atoms with Crippen LogP contribution in [-0.4, -0.2) is 16.8 Å².